The van der Waals surface area contributed by atoms with Gasteiger partial charge in [-0.3, -0.25) is 0 Å². The van der Waals surface area contributed by atoms with E-state index in [4.69, 9.17) is 0 Å². The minimum atomic E-state index is 0.293. The zero-order valence-corrected chi connectivity index (χ0v) is 12.8. The summed E-state index contributed by atoms with van der Waals surface area (Å²) in [5.74, 6) is 0. The topological polar surface area (TPSA) is 8.81 Å². The van der Waals surface area contributed by atoms with Gasteiger partial charge < -0.3 is 0 Å². The van der Waals surface area contributed by atoms with Crippen LogP contribution in [0.1, 0.15) is 67.5 Å². The summed E-state index contributed by atoms with van der Waals surface area (Å²) < 4.78 is 4.64. The Kier molecular flexibility index (Phi) is 3.75. The highest BCUT2D eigenvalue weighted by Crippen LogP contribution is 2.30. The van der Waals surface area contributed by atoms with E-state index in [1.807, 2.05) is 0 Å². The zero-order chi connectivity index (χ0) is 13.4. The van der Waals surface area contributed by atoms with E-state index < -0.39 is 0 Å². The fourth-order valence-corrected chi connectivity index (χ4v) is 1.74. The number of rotatable bonds is 2. The van der Waals surface area contributed by atoms with Gasteiger partial charge in [0.25, 0.3) is 0 Å². The number of hydrogen-bond donors (Lipinski definition) is 0. The van der Waals surface area contributed by atoms with Gasteiger partial charge in [-0.05, 0) is 13.8 Å². The zero-order valence-electron chi connectivity index (χ0n) is 12.8. The third-order valence-electron chi connectivity index (χ3n) is 4.08. The van der Waals surface area contributed by atoms with E-state index in [-0.39, 0.29) is 0 Å². The van der Waals surface area contributed by atoms with E-state index in [0.29, 0.717) is 22.9 Å². The maximum Gasteiger partial charge on any atom is 0.244 e. The molecular weight excluding hydrogens is 208 g/mol. The molecule has 0 radical (unpaired) electrons. The highest BCUT2D eigenvalue weighted by molar-refractivity contribution is 4.81. The Morgan fingerprint density at radius 3 is 1.88 bits per heavy atom. The fraction of sp³-hybridized carbons (Fsp3) is 0.800. The first kappa shape index (κ1) is 14.3. The Balaban J connectivity index is 2.93. The maximum atomic E-state index is 2.32. The van der Waals surface area contributed by atoms with Gasteiger partial charge >= 0.3 is 0 Å². The van der Waals surface area contributed by atoms with Crippen LogP contribution in [-0.4, -0.2) is 4.57 Å². The van der Waals surface area contributed by atoms with Crippen LogP contribution >= 0.6 is 0 Å². The average Bonchev–Trinajstić information content (AvgIpc) is 2.60. The van der Waals surface area contributed by atoms with Crippen molar-refractivity contribution in [2.24, 2.45) is 10.8 Å². The monoisotopic (exact) mass is 237 g/mol. The predicted octanol–water partition coefficient (Wildman–Crippen LogP) is 3.99. The van der Waals surface area contributed by atoms with E-state index in [1.165, 1.54) is 0 Å². The summed E-state index contributed by atoms with van der Waals surface area (Å²) in [4.78, 5) is 0. The number of imidazole rings is 1. The third-order valence-corrected chi connectivity index (χ3v) is 4.08. The van der Waals surface area contributed by atoms with Crippen molar-refractivity contribution in [3.63, 3.8) is 0 Å². The Morgan fingerprint density at radius 1 is 0.941 bits per heavy atom. The highest BCUT2D eigenvalue weighted by atomic mass is 15.2. The van der Waals surface area contributed by atoms with Crippen LogP contribution in [0.5, 0.6) is 0 Å². The van der Waals surface area contributed by atoms with Crippen LogP contribution in [0.4, 0.5) is 0 Å². The van der Waals surface area contributed by atoms with Gasteiger partial charge in [0, 0.05) is 10.8 Å². The molecule has 1 heterocycles. The molecule has 0 spiro atoms. The lowest BCUT2D eigenvalue weighted by Gasteiger charge is -2.25. The first-order chi connectivity index (χ1) is 7.53. The summed E-state index contributed by atoms with van der Waals surface area (Å²) in [5.41, 5.74) is 0.587. The normalized spacial score (nSPS) is 16.9. The lowest BCUT2D eigenvalue weighted by atomic mass is 9.88. The van der Waals surface area contributed by atoms with Crippen molar-refractivity contribution in [3.8, 4) is 0 Å². The molecule has 1 aromatic rings. The molecule has 0 bridgehead atoms. The minimum Gasteiger partial charge on any atom is -0.234 e. The van der Waals surface area contributed by atoms with Crippen LogP contribution in [0.15, 0.2) is 18.7 Å². The molecule has 0 N–H and O–H groups in total. The van der Waals surface area contributed by atoms with Gasteiger partial charge in [-0.1, -0.05) is 41.5 Å². The van der Waals surface area contributed by atoms with Crippen LogP contribution in [-0.2, 0) is 0 Å². The summed E-state index contributed by atoms with van der Waals surface area (Å²) in [5, 5.41) is 0. The van der Waals surface area contributed by atoms with Crippen molar-refractivity contribution in [2.75, 3.05) is 0 Å². The van der Waals surface area contributed by atoms with Crippen molar-refractivity contribution in [1.29, 1.82) is 0 Å². The van der Waals surface area contributed by atoms with E-state index >= 15 is 0 Å². The lowest BCUT2D eigenvalue weighted by molar-refractivity contribution is -0.731. The maximum absolute atomic E-state index is 2.32. The lowest BCUT2D eigenvalue weighted by Crippen LogP contribution is -2.43. The van der Waals surface area contributed by atoms with Crippen molar-refractivity contribution in [1.82, 2.24) is 4.57 Å². The van der Waals surface area contributed by atoms with Crippen molar-refractivity contribution in [2.45, 2.75) is 67.5 Å². The standard InChI is InChI=1S/C15H29N2/c1-12(14(3,4)5)16-9-10-17(11-16)13(2)15(6,7)8/h9-13H,1-8H3/q+1. The molecule has 2 nitrogen and oxygen atoms in total. The number of aromatic nitrogens is 2. The number of nitrogens with zero attached hydrogens (tertiary/aromatic N) is 2. The Hall–Kier alpha value is -0.790. The van der Waals surface area contributed by atoms with E-state index in [0.717, 1.165) is 0 Å². The van der Waals surface area contributed by atoms with Crippen LogP contribution in [0.3, 0.4) is 0 Å². The van der Waals surface area contributed by atoms with Crippen LogP contribution in [0.2, 0.25) is 0 Å². The molecule has 0 aliphatic carbocycles. The molecule has 0 aromatic carbocycles. The predicted molar refractivity (Wildman–Crippen MR) is 73.0 cm³/mol. The first-order valence-electron chi connectivity index (χ1n) is 6.61. The summed E-state index contributed by atoms with van der Waals surface area (Å²) in [6, 6.07) is 1.02. The van der Waals surface area contributed by atoms with Crippen LogP contribution in [0, 0.1) is 10.8 Å². The SMILES string of the molecule is CC(n1cc[n+](C(C)C(C)(C)C)c1)C(C)(C)C. The minimum absolute atomic E-state index is 0.293. The fourth-order valence-electron chi connectivity index (χ4n) is 1.74. The van der Waals surface area contributed by atoms with E-state index in [2.05, 4.69) is 83.2 Å². The van der Waals surface area contributed by atoms with Crippen molar-refractivity contribution < 1.29 is 4.57 Å². The molecule has 2 atom stereocenters. The van der Waals surface area contributed by atoms with Crippen molar-refractivity contribution >= 4 is 0 Å². The van der Waals surface area contributed by atoms with E-state index in [1.54, 1.807) is 0 Å². The summed E-state index contributed by atoms with van der Waals surface area (Å²) >= 11 is 0. The molecule has 0 aliphatic rings. The molecule has 17 heavy (non-hydrogen) atoms. The molecule has 2 heteroatoms. The molecule has 0 saturated heterocycles. The summed E-state index contributed by atoms with van der Waals surface area (Å²) in [6.45, 7) is 18.3. The van der Waals surface area contributed by atoms with Gasteiger partial charge in [-0.2, -0.15) is 0 Å². The van der Waals surface area contributed by atoms with Gasteiger partial charge in [0.1, 0.15) is 24.5 Å². The van der Waals surface area contributed by atoms with Crippen LogP contribution in [0.25, 0.3) is 0 Å². The Bertz CT molecular complexity index is 329. The average molecular weight is 237 g/mol. The van der Waals surface area contributed by atoms with Gasteiger partial charge in [-0.15, -0.1) is 0 Å². The molecule has 2 unspecified atom stereocenters. The highest BCUT2D eigenvalue weighted by Gasteiger charge is 2.29. The third kappa shape index (κ3) is 3.34. The molecule has 1 rings (SSSR count). The number of hydrogen-bond acceptors (Lipinski definition) is 0. The molecule has 0 aliphatic heterocycles. The molecule has 0 saturated carbocycles. The largest absolute Gasteiger partial charge is 0.244 e. The Morgan fingerprint density at radius 2 is 1.47 bits per heavy atom. The summed E-state index contributed by atoms with van der Waals surface area (Å²) in [7, 11) is 0. The van der Waals surface area contributed by atoms with Gasteiger partial charge in [0.05, 0.1) is 0 Å². The van der Waals surface area contributed by atoms with Crippen LogP contribution < -0.4 is 4.57 Å². The molecular formula is C15H29N2+. The van der Waals surface area contributed by atoms with Gasteiger partial charge in [0.2, 0.25) is 6.33 Å². The first-order valence-corrected chi connectivity index (χ1v) is 6.61. The molecule has 98 valence electrons. The quantitative estimate of drug-likeness (QED) is 0.688. The van der Waals surface area contributed by atoms with E-state index in [9.17, 15) is 0 Å². The van der Waals surface area contributed by atoms with Gasteiger partial charge in [-0.25, -0.2) is 9.13 Å². The second kappa shape index (κ2) is 4.47. The summed E-state index contributed by atoms with van der Waals surface area (Å²) in [6.07, 6.45) is 6.63. The molecule has 1 aromatic heterocycles. The molecule has 0 fully saturated rings. The Labute approximate surface area is 107 Å². The smallest absolute Gasteiger partial charge is 0.234 e. The van der Waals surface area contributed by atoms with Gasteiger partial charge in [0.15, 0.2) is 0 Å². The molecule has 0 amide bonds. The second-order valence-corrected chi connectivity index (χ2v) is 7.39. The van der Waals surface area contributed by atoms with Crippen molar-refractivity contribution in [3.05, 3.63) is 18.7 Å². The second-order valence-electron chi connectivity index (χ2n) is 7.39.